The van der Waals surface area contributed by atoms with Crippen LogP contribution in [0.4, 0.5) is 36.8 Å². The van der Waals surface area contributed by atoms with E-state index in [1.807, 2.05) is 0 Å². The molecule has 2 rings (SSSR count). The molecule has 0 saturated carbocycles. The smallest absolute Gasteiger partial charge is 0.351 e. The third-order valence-corrected chi connectivity index (χ3v) is 3.77. The van der Waals surface area contributed by atoms with E-state index in [2.05, 4.69) is 0 Å². The summed E-state index contributed by atoms with van der Waals surface area (Å²) < 4.78 is 78.4. The SMILES string of the molecule is NC(=O)N(C(=O)c1ccccc1)c1cc(C(F)(F)F)cc(C(F)(F)F)c1Cl. The molecule has 2 aromatic carbocycles. The quantitative estimate of drug-likeness (QED) is 0.700. The first-order chi connectivity index (χ1) is 12.3. The molecule has 0 fully saturated rings. The van der Waals surface area contributed by atoms with Crippen molar-refractivity contribution in [1.82, 2.24) is 0 Å². The zero-order chi connectivity index (χ0) is 20.6. The fourth-order valence-electron chi connectivity index (χ4n) is 2.18. The fraction of sp³-hybridized carbons (Fsp3) is 0.125. The van der Waals surface area contributed by atoms with Crippen LogP contribution in [-0.4, -0.2) is 11.9 Å². The van der Waals surface area contributed by atoms with E-state index < -0.39 is 46.1 Å². The molecule has 0 aliphatic rings. The topological polar surface area (TPSA) is 63.4 Å². The predicted octanol–water partition coefficient (Wildman–Crippen LogP) is 5.10. The van der Waals surface area contributed by atoms with Crippen molar-refractivity contribution in [3.05, 3.63) is 64.2 Å². The highest BCUT2D eigenvalue weighted by molar-refractivity contribution is 6.36. The molecule has 27 heavy (non-hydrogen) atoms. The highest BCUT2D eigenvalue weighted by Crippen LogP contribution is 2.44. The molecule has 0 radical (unpaired) electrons. The Hall–Kier alpha value is -2.75. The van der Waals surface area contributed by atoms with Gasteiger partial charge in [-0.05, 0) is 24.3 Å². The molecular formula is C16H9ClF6N2O2. The number of alkyl halides is 6. The minimum absolute atomic E-state index is 0.0395. The number of nitrogens with two attached hydrogens (primary N) is 1. The van der Waals surface area contributed by atoms with Crippen LogP contribution in [-0.2, 0) is 12.4 Å². The van der Waals surface area contributed by atoms with Gasteiger partial charge in [-0.25, -0.2) is 9.69 Å². The number of carbonyl (C=O) groups excluding carboxylic acids is 2. The number of hydrogen-bond donors (Lipinski definition) is 1. The third-order valence-electron chi connectivity index (χ3n) is 3.37. The Morgan fingerprint density at radius 3 is 1.93 bits per heavy atom. The first-order valence-electron chi connectivity index (χ1n) is 7.01. The minimum Gasteiger partial charge on any atom is -0.351 e. The van der Waals surface area contributed by atoms with Gasteiger partial charge in [0.2, 0.25) is 0 Å². The molecule has 11 heteroatoms. The first-order valence-corrected chi connectivity index (χ1v) is 7.38. The van der Waals surface area contributed by atoms with Crippen LogP contribution < -0.4 is 10.6 Å². The molecule has 3 amide bonds. The van der Waals surface area contributed by atoms with Crippen LogP contribution in [0.25, 0.3) is 0 Å². The average Bonchev–Trinajstić information content (AvgIpc) is 2.54. The van der Waals surface area contributed by atoms with Crippen molar-refractivity contribution in [3.8, 4) is 0 Å². The maximum atomic E-state index is 13.1. The van der Waals surface area contributed by atoms with Gasteiger partial charge >= 0.3 is 18.4 Å². The monoisotopic (exact) mass is 410 g/mol. The zero-order valence-corrected chi connectivity index (χ0v) is 13.8. The van der Waals surface area contributed by atoms with Crippen LogP contribution in [0.15, 0.2) is 42.5 Å². The van der Waals surface area contributed by atoms with Gasteiger partial charge in [0, 0.05) is 5.56 Å². The second-order valence-electron chi connectivity index (χ2n) is 5.20. The number of hydrogen-bond acceptors (Lipinski definition) is 2. The average molecular weight is 411 g/mol. The van der Waals surface area contributed by atoms with E-state index in [0.29, 0.717) is 0 Å². The van der Waals surface area contributed by atoms with Gasteiger partial charge in [-0.1, -0.05) is 29.8 Å². The number of benzene rings is 2. The lowest BCUT2D eigenvalue weighted by Gasteiger charge is -2.23. The summed E-state index contributed by atoms with van der Waals surface area (Å²) in [4.78, 5) is 24.1. The standard InChI is InChI=1S/C16H9ClF6N2O2/c17-12-10(16(21,22)23)6-9(15(18,19)20)7-11(12)25(14(24)27)13(26)8-4-2-1-3-5-8/h1-7H,(H2,24,27). The van der Waals surface area contributed by atoms with Crippen LogP contribution in [0.2, 0.25) is 5.02 Å². The lowest BCUT2D eigenvalue weighted by molar-refractivity contribution is -0.142. The number of primary amides is 1. The zero-order valence-electron chi connectivity index (χ0n) is 13.0. The largest absolute Gasteiger partial charge is 0.417 e. The molecule has 2 aromatic rings. The summed E-state index contributed by atoms with van der Waals surface area (Å²) in [5, 5.41) is -1.27. The molecular weight excluding hydrogens is 402 g/mol. The first kappa shape index (κ1) is 20.6. The van der Waals surface area contributed by atoms with E-state index in [4.69, 9.17) is 17.3 Å². The van der Waals surface area contributed by atoms with E-state index in [0.717, 1.165) is 0 Å². The van der Waals surface area contributed by atoms with Crippen LogP contribution in [0.3, 0.4) is 0 Å². The van der Waals surface area contributed by atoms with Crippen molar-refractivity contribution in [3.63, 3.8) is 0 Å². The highest BCUT2D eigenvalue weighted by atomic mass is 35.5. The van der Waals surface area contributed by atoms with Crippen molar-refractivity contribution in [2.45, 2.75) is 12.4 Å². The Morgan fingerprint density at radius 1 is 0.926 bits per heavy atom. The number of nitrogens with zero attached hydrogens (tertiary/aromatic N) is 1. The Morgan fingerprint density at radius 2 is 1.48 bits per heavy atom. The molecule has 144 valence electrons. The minimum atomic E-state index is -5.27. The number of carbonyl (C=O) groups is 2. The maximum Gasteiger partial charge on any atom is 0.417 e. The fourth-order valence-corrected chi connectivity index (χ4v) is 2.48. The van der Waals surface area contributed by atoms with Crippen molar-refractivity contribution in [1.29, 1.82) is 0 Å². The number of urea groups is 1. The molecule has 0 unspecified atom stereocenters. The second-order valence-corrected chi connectivity index (χ2v) is 5.58. The number of rotatable bonds is 2. The molecule has 0 atom stereocenters. The highest BCUT2D eigenvalue weighted by Gasteiger charge is 2.41. The molecule has 0 heterocycles. The summed E-state index contributed by atoms with van der Waals surface area (Å²) >= 11 is 5.60. The number of anilines is 1. The Bertz CT molecular complexity index is 881. The Kier molecular flexibility index (Phi) is 5.41. The van der Waals surface area contributed by atoms with Crippen molar-refractivity contribution in [2.24, 2.45) is 5.73 Å². The lowest BCUT2D eigenvalue weighted by Crippen LogP contribution is -2.41. The maximum absolute atomic E-state index is 13.1. The summed E-state index contributed by atoms with van der Waals surface area (Å²) in [5.41, 5.74) is 0.109. The number of halogens is 7. The molecule has 0 aliphatic carbocycles. The lowest BCUT2D eigenvalue weighted by atomic mass is 10.1. The van der Waals surface area contributed by atoms with E-state index in [1.54, 1.807) is 0 Å². The molecule has 4 nitrogen and oxygen atoms in total. The number of amides is 3. The van der Waals surface area contributed by atoms with Gasteiger partial charge in [-0.15, -0.1) is 0 Å². The molecule has 0 bridgehead atoms. The van der Waals surface area contributed by atoms with Gasteiger partial charge in [0.25, 0.3) is 5.91 Å². The molecule has 0 saturated heterocycles. The normalized spacial score (nSPS) is 12.0. The third kappa shape index (κ3) is 4.33. The van der Waals surface area contributed by atoms with Gasteiger partial charge in [-0.2, -0.15) is 26.3 Å². The summed E-state index contributed by atoms with van der Waals surface area (Å²) in [6, 6.07) is 5.00. The van der Waals surface area contributed by atoms with Crippen molar-refractivity contribution < 1.29 is 35.9 Å². The van der Waals surface area contributed by atoms with E-state index in [9.17, 15) is 35.9 Å². The number of imide groups is 1. The van der Waals surface area contributed by atoms with Crippen molar-refractivity contribution in [2.75, 3.05) is 4.90 Å². The molecule has 0 aliphatic heterocycles. The molecule has 2 N–H and O–H groups in total. The van der Waals surface area contributed by atoms with Gasteiger partial charge in [0.05, 0.1) is 21.8 Å². The van der Waals surface area contributed by atoms with Gasteiger partial charge in [-0.3, -0.25) is 4.79 Å². The van der Waals surface area contributed by atoms with Crippen LogP contribution in [0.1, 0.15) is 21.5 Å². The van der Waals surface area contributed by atoms with Gasteiger partial charge < -0.3 is 5.73 Å². The predicted molar refractivity (Wildman–Crippen MR) is 84.3 cm³/mol. The summed E-state index contributed by atoms with van der Waals surface area (Å²) in [5.74, 6) is -1.24. The van der Waals surface area contributed by atoms with Crippen molar-refractivity contribution >= 4 is 29.2 Å². The van der Waals surface area contributed by atoms with Crippen LogP contribution >= 0.6 is 11.6 Å². The summed E-state index contributed by atoms with van der Waals surface area (Å²) in [7, 11) is 0. The molecule has 0 spiro atoms. The van der Waals surface area contributed by atoms with E-state index in [-0.39, 0.29) is 22.6 Å². The van der Waals surface area contributed by atoms with Crippen LogP contribution in [0, 0.1) is 0 Å². The Balaban J connectivity index is 2.76. The van der Waals surface area contributed by atoms with E-state index in [1.165, 1.54) is 30.3 Å². The summed E-state index contributed by atoms with van der Waals surface area (Å²) in [6.45, 7) is 0. The van der Waals surface area contributed by atoms with Crippen LogP contribution in [0.5, 0.6) is 0 Å². The summed E-state index contributed by atoms with van der Waals surface area (Å²) in [6.07, 6.45) is -10.5. The Labute approximate surface area is 153 Å². The van der Waals surface area contributed by atoms with Gasteiger partial charge in [0.1, 0.15) is 0 Å². The van der Waals surface area contributed by atoms with E-state index >= 15 is 0 Å². The second kappa shape index (κ2) is 7.10. The van der Waals surface area contributed by atoms with Gasteiger partial charge in [0.15, 0.2) is 0 Å². The molecule has 0 aromatic heterocycles.